The van der Waals surface area contributed by atoms with Crippen LogP contribution in [-0.4, -0.2) is 40.7 Å². The highest BCUT2D eigenvalue weighted by molar-refractivity contribution is 6.44. The van der Waals surface area contributed by atoms with Gasteiger partial charge in [-0.15, -0.1) is 6.42 Å². The quantitative estimate of drug-likeness (QED) is 0.217. The number of nitrogens with two attached hydrogens (primary N) is 1. The molecule has 0 saturated heterocycles. The maximum absolute atomic E-state index is 13.6. The van der Waals surface area contributed by atoms with Crippen LogP contribution in [0.5, 0.6) is 0 Å². The lowest BCUT2D eigenvalue weighted by Gasteiger charge is -2.24. The van der Waals surface area contributed by atoms with Crippen molar-refractivity contribution >= 4 is 29.1 Å². The largest absolute Gasteiger partial charge is 0.463 e. The van der Waals surface area contributed by atoms with E-state index in [-0.39, 0.29) is 30.2 Å². The highest BCUT2D eigenvalue weighted by atomic mass is 19.1. The van der Waals surface area contributed by atoms with E-state index >= 15 is 0 Å². The number of nitrogens with zero attached hydrogens (tertiary/aromatic N) is 1. The molecule has 2 atom stereocenters. The lowest BCUT2D eigenvalue weighted by Crippen LogP contribution is -2.39. The molecule has 1 heterocycles. The summed E-state index contributed by atoms with van der Waals surface area (Å²) in [5.41, 5.74) is 6.37. The SMILES string of the molecule is C#CC(C)(COC(=O)C(N)C(C)C)CC(=O)C(=O)c1c(C)c(C(=O)Nc2ccc(F)c(C)c2)n(C)c1C. The Morgan fingerprint density at radius 3 is 2.38 bits per heavy atom. The van der Waals surface area contributed by atoms with Crippen LogP contribution in [-0.2, 0) is 21.4 Å². The summed E-state index contributed by atoms with van der Waals surface area (Å²) in [7, 11) is 1.61. The van der Waals surface area contributed by atoms with Crippen molar-refractivity contribution in [2.45, 2.75) is 54.0 Å². The molecule has 37 heavy (non-hydrogen) atoms. The molecule has 1 aromatic carbocycles. The van der Waals surface area contributed by atoms with Crippen LogP contribution in [0.4, 0.5) is 10.1 Å². The van der Waals surface area contributed by atoms with Crippen LogP contribution >= 0.6 is 0 Å². The van der Waals surface area contributed by atoms with E-state index in [4.69, 9.17) is 16.9 Å². The van der Waals surface area contributed by atoms with Crippen LogP contribution in [0.25, 0.3) is 0 Å². The first-order chi connectivity index (χ1) is 17.1. The molecule has 2 unspecified atom stereocenters. The average molecular weight is 512 g/mol. The molecule has 0 aliphatic heterocycles. The van der Waals surface area contributed by atoms with Gasteiger partial charge in [-0.05, 0) is 62.9 Å². The Balaban J connectivity index is 2.25. The molecule has 3 N–H and O–H groups in total. The third kappa shape index (κ3) is 6.52. The number of terminal acetylenes is 1. The number of nitrogens with one attached hydrogen (secondary N) is 1. The third-order valence-electron chi connectivity index (χ3n) is 6.46. The first-order valence-corrected chi connectivity index (χ1v) is 11.8. The summed E-state index contributed by atoms with van der Waals surface area (Å²) in [5, 5.41) is 2.70. The van der Waals surface area contributed by atoms with Crippen molar-refractivity contribution in [3.63, 3.8) is 0 Å². The van der Waals surface area contributed by atoms with Crippen LogP contribution in [0.2, 0.25) is 0 Å². The Morgan fingerprint density at radius 2 is 1.84 bits per heavy atom. The molecule has 0 saturated carbocycles. The highest BCUT2D eigenvalue weighted by Gasteiger charge is 2.34. The van der Waals surface area contributed by atoms with Gasteiger partial charge >= 0.3 is 5.97 Å². The van der Waals surface area contributed by atoms with Crippen molar-refractivity contribution in [3.05, 3.63) is 52.1 Å². The minimum atomic E-state index is -1.23. The van der Waals surface area contributed by atoms with Crippen molar-refractivity contribution in [1.29, 1.82) is 0 Å². The van der Waals surface area contributed by atoms with Gasteiger partial charge in [-0.2, -0.15) is 0 Å². The normalized spacial score (nSPS) is 13.4. The molecule has 2 rings (SSSR count). The molecule has 8 nitrogen and oxygen atoms in total. The average Bonchev–Trinajstić information content (AvgIpc) is 3.06. The summed E-state index contributed by atoms with van der Waals surface area (Å²) in [6.07, 6.45) is 5.26. The van der Waals surface area contributed by atoms with Crippen LogP contribution in [0.15, 0.2) is 18.2 Å². The molecule has 9 heteroatoms. The summed E-state index contributed by atoms with van der Waals surface area (Å²) in [6.45, 7) is 9.59. The zero-order valence-corrected chi connectivity index (χ0v) is 22.3. The predicted octanol–water partition coefficient (Wildman–Crippen LogP) is 3.65. The smallest absolute Gasteiger partial charge is 0.323 e. The van der Waals surface area contributed by atoms with E-state index in [1.54, 1.807) is 48.6 Å². The second-order valence-corrected chi connectivity index (χ2v) is 9.92. The van der Waals surface area contributed by atoms with Crippen molar-refractivity contribution in [2.75, 3.05) is 11.9 Å². The van der Waals surface area contributed by atoms with E-state index in [0.29, 0.717) is 22.5 Å². The molecular formula is C28H34FN3O5. The zero-order valence-electron chi connectivity index (χ0n) is 22.3. The zero-order chi connectivity index (χ0) is 28.2. The number of ketones is 2. The molecule has 0 aliphatic carbocycles. The van der Waals surface area contributed by atoms with Gasteiger partial charge in [0.2, 0.25) is 11.6 Å². The Labute approximate surface area is 216 Å². The third-order valence-corrected chi connectivity index (χ3v) is 6.46. The van der Waals surface area contributed by atoms with E-state index in [1.165, 1.54) is 22.8 Å². The van der Waals surface area contributed by atoms with Gasteiger partial charge in [0, 0.05) is 24.8 Å². The molecule has 0 aliphatic rings. The van der Waals surface area contributed by atoms with Crippen molar-refractivity contribution in [1.82, 2.24) is 4.57 Å². The minimum absolute atomic E-state index is 0.103. The molecule has 0 radical (unpaired) electrons. The molecule has 0 spiro atoms. The maximum Gasteiger partial charge on any atom is 0.323 e. The number of hydrogen-bond acceptors (Lipinski definition) is 6. The number of carbonyl (C=O) groups is 4. The van der Waals surface area contributed by atoms with Crippen LogP contribution < -0.4 is 11.1 Å². The fraction of sp³-hybridized carbons (Fsp3) is 0.429. The van der Waals surface area contributed by atoms with Crippen molar-refractivity contribution < 1.29 is 28.3 Å². The summed E-state index contributed by atoms with van der Waals surface area (Å²) in [4.78, 5) is 51.4. The summed E-state index contributed by atoms with van der Waals surface area (Å²) >= 11 is 0. The summed E-state index contributed by atoms with van der Waals surface area (Å²) in [6, 6.07) is 3.34. The Hall–Kier alpha value is -3.77. The number of esters is 1. The van der Waals surface area contributed by atoms with E-state index < -0.39 is 40.7 Å². The molecule has 0 bridgehead atoms. The van der Waals surface area contributed by atoms with Crippen molar-refractivity contribution in [2.24, 2.45) is 24.1 Å². The van der Waals surface area contributed by atoms with Gasteiger partial charge in [0.1, 0.15) is 24.2 Å². The van der Waals surface area contributed by atoms with Gasteiger partial charge < -0.3 is 20.4 Å². The molecular weight excluding hydrogens is 477 g/mol. The Bertz CT molecular complexity index is 1290. The number of rotatable bonds is 10. The lowest BCUT2D eigenvalue weighted by atomic mass is 9.84. The maximum atomic E-state index is 13.6. The van der Waals surface area contributed by atoms with E-state index in [0.717, 1.165) is 0 Å². The fourth-order valence-electron chi connectivity index (χ4n) is 3.86. The molecule has 198 valence electrons. The van der Waals surface area contributed by atoms with Gasteiger partial charge in [-0.25, -0.2) is 4.39 Å². The van der Waals surface area contributed by atoms with Gasteiger partial charge in [-0.3, -0.25) is 19.2 Å². The number of aromatic nitrogens is 1. The van der Waals surface area contributed by atoms with Crippen LogP contribution in [0, 0.1) is 50.3 Å². The molecule has 0 fully saturated rings. The van der Waals surface area contributed by atoms with Gasteiger partial charge in [0.05, 0.1) is 11.0 Å². The topological polar surface area (TPSA) is 120 Å². The number of aryl methyl sites for hydroxylation is 1. The van der Waals surface area contributed by atoms with Crippen LogP contribution in [0.1, 0.15) is 64.9 Å². The highest BCUT2D eigenvalue weighted by Crippen LogP contribution is 2.27. The number of benzene rings is 1. The number of halogens is 1. The lowest BCUT2D eigenvalue weighted by molar-refractivity contribution is -0.149. The number of anilines is 1. The Morgan fingerprint density at radius 1 is 1.22 bits per heavy atom. The Kier molecular flexibility index (Phi) is 9.17. The molecule has 1 amide bonds. The molecule has 1 aromatic heterocycles. The predicted molar refractivity (Wildman–Crippen MR) is 139 cm³/mol. The van der Waals surface area contributed by atoms with E-state index in [2.05, 4.69) is 11.2 Å². The second kappa shape index (κ2) is 11.5. The number of carbonyl (C=O) groups excluding carboxylic acids is 4. The summed E-state index contributed by atoms with van der Waals surface area (Å²) < 4.78 is 20.3. The first kappa shape index (κ1) is 29.5. The van der Waals surface area contributed by atoms with E-state index in [9.17, 15) is 23.6 Å². The van der Waals surface area contributed by atoms with Gasteiger partial charge in [0.25, 0.3) is 5.91 Å². The van der Waals surface area contributed by atoms with Gasteiger partial charge in [0.15, 0.2) is 0 Å². The molecule has 2 aromatic rings. The number of hydrogen-bond donors (Lipinski definition) is 2. The standard InChI is InChI=1S/C28H34FN3O5/c1-9-28(7,14-37-27(36)23(30)15(2)3)13-21(33)25(34)22-17(5)24(32(8)18(22)6)26(35)31-19-10-11-20(29)16(4)12-19/h1,10-12,15,23H,13-14,30H2,2-8H3,(H,31,35). The first-order valence-electron chi connectivity index (χ1n) is 11.8. The monoisotopic (exact) mass is 511 g/mol. The minimum Gasteiger partial charge on any atom is -0.463 e. The number of ether oxygens (including phenoxy) is 1. The second-order valence-electron chi connectivity index (χ2n) is 9.92. The number of amides is 1. The van der Waals surface area contributed by atoms with Crippen LogP contribution in [0.3, 0.4) is 0 Å². The number of Topliss-reactive ketones (excluding diaryl/α,β-unsaturated/α-hetero) is 2. The summed E-state index contributed by atoms with van der Waals surface area (Å²) in [5.74, 6) is -0.814. The van der Waals surface area contributed by atoms with Gasteiger partial charge in [-0.1, -0.05) is 19.8 Å². The van der Waals surface area contributed by atoms with Crippen molar-refractivity contribution in [3.8, 4) is 12.3 Å². The fourth-order valence-corrected chi connectivity index (χ4v) is 3.86. The van der Waals surface area contributed by atoms with E-state index in [1.807, 2.05) is 0 Å².